The number of anilines is 2. The molecule has 0 radical (unpaired) electrons. The van der Waals surface area contributed by atoms with Crippen LogP contribution in [0.25, 0.3) is 0 Å². The van der Waals surface area contributed by atoms with Gasteiger partial charge in [0.1, 0.15) is 12.4 Å². The maximum atomic E-state index is 12.5. The Hall–Kier alpha value is -3.31. The van der Waals surface area contributed by atoms with E-state index in [1.165, 1.54) is 54.9 Å². The number of nitrogens with one attached hydrogen (secondary N) is 2. The summed E-state index contributed by atoms with van der Waals surface area (Å²) in [7, 11) is -3.89. The molecule has 13 heteroatoms. The van der Waals surface area contributed by atoms with Crippen LogP contribution in [0.3, 0.4) is 0 Å². The van der Waals surface area contributed by atoms with E-state index in [2.05, 4.69) is 20.0 Å². The zero-order valence-electron chi connectivity index (χ0n) is 17.5. The van der Waals surface area contributed by atoms with Gasteiger partial charge in [0, 0.05) is 23.1 Å². The minimum absolute atomic E-state index is 0.0245. The number of benzene rings is 2. The van der Waals surface area contributed by atoms with Crippen LogP contribution < -0.4 is 14.8 Å². The maximum absolute atomic E-state index is 12.5. The summed E-state index contributed by atoms with van der Waals surface area (Å²) in [6, 6.07) is 13.1. The van der Waals surface area contributed by atoms with Crippen molar-refractivity contribution < 1.29 is 22.4 Å². The summed E-state index contributed by atoms with van der Waals surface area (Å²) >= 11 is 18.1. The van der Waals surface area contributed by atoms with Crippen molar-refractivity contribution in [3.05, 3.63) is 93.6 Å². The third kappa shape index (κ3) is 6.23. The van der Waals surface area contributed by atoms with Crippen LogP contribution in [0.4, 0.5) is 11.6 Å². The molecule has 2 aromatic carbocycles. The number of ether oxygens (including phenoxy) is 1. The summed E-state index contributed by atoms with van der Waals surface area (Å²) in [5, 5.41) is 3.48. The highest BCUT2D eigenvalue weighted by atomic mass is 35.5. The number of carbonyl (C=O) groups excluding carboxylic acids is 1. The average molecular weight is 554 g/mol. The van der Waals surface area contributed by atoms with Crippen LogP contribution in [-0.2, 0) is 16.6 Å². The van der Waals surface area contributed by atoms with E-state index in [1.54, 1.807) is 12.1 Å². The van der Waals surface area contributed by atoms with Gasteiger partial charge in [0.25, 0.3) is 15.9 Å². The number of amides is 1. The zero-order chi connectivity index (χ0) is 25.0. The van der Waals surface area contributed by atoms with Gasteiger partial charge in [-0.05, 0) is 54.6 Å². The summed E-state index contributed by atoms with van der Waals surface area (Å²) in [5.41, 5.74) is 0.360. The zero-order valence-corrected chi connectivity index (χ0v) is 20.6. The van der Waals surface area contributed by atoms with Crippen molar-refractivity contribution in [1.82, 2.24) is 9.97 Å². The van der Waals surface area contributed by atoms with Crippen molar-refractivity contribution in [2.45, 2.75) is 11.5 Å². The van der Waals surface area contributed by atoms with Gasteiger partial charge < -0.3 is 14.5 Å². The molecule has 0 aliphatic rings. The van der Waals surface area contributed by atoms with Gasteiger partial charge in [-0.3, -0.25) is 4.79 Å². The lowest BCUT2D eigenvalue weighted by molar-refractivity contribution is 0.0992. The monoisotopic (exact) mass is 552 g/mol. The molecule has 2 aromatic heterocycles. The molecule has 0 unspecified atom stereocenters. The van der Waals surface area contributed by atoms with Crippen molar-refractivity contribution in [2.75, 3.05) is 10.0 Å². The molecule has 9 nitrogen and oxygen atoms in total. The fourth-order valence-corrected chi connectivity index (χ4v) is 4.71. The molecule has 4 rings (SSSR count). The third-order valence-corrected chi connectivity index (χ3v) is 6.54. The molecular weight excluding hydrogens is 539 g/mol. The minimum atomic E-state index is -3.89. The highest BCUT2D eigenvalue weighted by Crippen LogP contribution is 2.36. The van der Waals surface area contributed by atoms with Crippen molar-refractivity contribution in [3.8, 4) is 5.75 Å². The Labute approximate surface area is 215 Å². The van der Waals surface area contributed by atoms with E-state index >= 15 is 0 Å². The topological polar surface area (TPSA) is 123 Å². The van der Waals surface area contributed by atoms with Gasteiger partial charge >= 0.3 is 0 Å². The lowest BCUT2D eigenvalue weighted by Crippen LogP contribution is -2.15. The number of rotatable bonds is 8. The highest BCUT2D eigenvalue weighted by molar-refractivity contribution is 7.92. The first-order chi connectivity index (χ1) is 16.7. The van der Waals surface area contributed by atoms with E-state index in [0.29, 0.717) is 16.5 Å². The van der Waals surface area contributed by atoms with E-state index in [4.69, 9.17) is 44.0 Å². The first-order valence-corrected chi connectivity index (χ1v) is 12.4. The van der Waals surface area contributed by atoms with E-state index < -0.39 is 15.9 Å². The van der Waals surface area contributed by atoms with Gasteiger partial charge in [-0.15, -0.1) is 0 Å². The summed E-state index contributed by atoms with van der Waals surface area (Å²) in [5.74, 6) is 0.0289. The number of hydrogen-bond donors (Lipinski definition) is 2. The van der Waals surface area contributed by atoms with Crippen molar-refractivity contribution >= 4 is 62.4 Å². The van der Waals surface area contributed by atoms with E-state index in [1.807, 2.05) is 0 Å². The molecule has 35 heavy (non-hydrogen) atoms. The number of sulfonamides is 1. The van der Waals surface area contributed by atoms with Crippen LogP contribution in [0.5, 0.6) is 5.75 Å². The van der Waals surface area contributed by atoms with Gasteiger partial charge in [0.05, 0.1) is 14.9 Å². The molecule has 0 saturated carbocycles. The number of hydrogen-bond acceptors (Lipinski definition) is 7. The van der Waals surface area contributed by atoms with Gasteiger partial charge in [-0.1, -0.05) is 34.8 Å². The van der Waals surface area contributed by atoms with Crippen LogP contribution in [0.15, 0.2) is 76.3 Å². The second kappa shape index (κ2) is 10.5. The molecule has 0 atom stereocenters. The Kier molecular flexibility index (Phi) is 7.46. The molecule has 0 aliphatic carbocycles. The largest absolute Gasteiger partial charge is 0.483 e. The summed E-state index contributed by atoms with van der Waals surface area (Å²) in [6.45, 7) is -0.0287. The highest BCUT2D eigenvalue weighted by Gasteiger charge is 2.17. The Morgan fingerprint density at radius 1 is 0.971 bits per heavy atom. The minimum Gasteiger partial charge on any atom is -0.483 e. The predicted octanol–water partition coefficient (Wildman–Crippen LogP) is 5.66. The molecule has 4 aromatic rings. The average Bonchev–Trinajstić information content (AvgIpc) is 3.28. The van der Waals surface area contributed by atoms with Gasteiger partial charge in [-0.2, -0.15) is 0 Å². The molecule has 2 N–H and O–H groups in total. The van der Waals surface area contributed by atoms with E-state index in [9.17, 15) is 13.2 Å². The molecule has 0 spiro atoms. The van der Waals surface area contributed by atoms with Crippen LogP contribution in [0.1, 0.15) is 16.3 Å². The third-order valence-electron chi connectivity index (χ3n) is 4.42. The lowest BCUT2D eigenvalue weighted by Gasteiger charge is -2.09. The number of nitrogens with zero attached hydrogens (tertiary/aromatic N) is 2. The Bertz CT molecular complexity index is 1440. The normalized spacial score (nSPS) is 11.2. The predicted molar refractivity (Wildman–Crippen MR) is 132 cm³/mol. The molecular formula is C22H15Cl3N4O5S. The van der Waals surface area contributed by atoms with Crippen LogP contribution >= 0.6 is 34.8 Å². The van der Waals surface area contributed by atoms with Crippen molar-refractivity contribution in [2.24, 2.45) is 0 Å². The smallest absolute Gasteiger partial charge is 0.291 e. The SMILES string of the molecule is O=C(Nc1ccc(S(=O)(=O)Nc2ncccn2)cc1)c1ccc(COc2c(Cl)cc(Cl)cc2Cl)o1. The fourth-order valence-electron chi connectivity index (χ4n) is 2.83. The summed E-state index contributed by atoms with van der Waals surface area (Å²) in [4.78, 5) is 20.1. The first-order valence-electron chi connectivity index (χ1n) is 9.78. The van der Waals surface area contributed by atoms with Gasteiger partial charge in [0.2, 0.25) is 5.95 Å². The number of carbonyl (C=O) groups is 1. The van der Waals surface area contributed by atoms with Crippen LogP contribution in [0, 0.1) is 0 Å². The molecule has 0 fully saturated rings. The number of aromatic nitrogens is 2. The standard InChI is InChI=1S/C22H15Cl3N4O5S/c23-13-10-17(24)20(18(25)11-13)33-12-15-4-7-19(34-15)21(30)28-14-2-5-16(6-3-14)35(31,32)29-22-26-8-1-9-27-22/h1-11H,12H2,(H,28,30)(H,26,27,29). The molecule has 180 valence electrons. The first kappa shape index (κ1) is 24.8. The molecule has 1 amide bonds. The van der Waals surface area contributed by atoms with Gasteiger partial charge in [0.15, 0.2) is 11.5 Å². The molecule has 2 heterocycles. The lowest BCUT2D eigenvalue weighted by atomic mass is 10.3. The quantitative estimate of drug-likeness (QED) is 0.288. The fraction of sp³-hybridized carbons (Fsp3) is 0.0455. The molecule has 0 bridgehead atoms. The Morgan fingerprint density at radius 3 is 2.29 bits per heavy atom. The summed E-state index contributed by atoms with van der Waals surface area (Å²) < 4.78 is 38.3. The number of furan rings is 1. The Balaban J connectivity index is 1.37. The second-order valence-electron chi connectivity index (χ2n) is 6.91. The van der Waals surface area contributed by atoms with E-state index in [-0.39, 0.29) is 39.0 Å². The van der Waals surface area contributed by atoms with Crippen molar-refractivity contribution in [1.29, 1.82) is 0 Å². The van der Waals surface area contributed by atoms with Gasteiger partial charge in [-0.25, -0.2) is 23.1 Å². The maximum Gasteiger partial charge on any atom is 0.291 e. The van der Waals surface area contributed by atoms with Crippen LogP contribution in [0.2, 0.25) is 15.1 Å². The summed E-state index contributed by atoms with van der Waals surface area (Å²) in [6.07, 6.45) is 2.83. The van der Waals surface area contributed by atoms with E-state index in [0.717, 1.165) is 0 Å². The second-order valence-corrected chi connectivity index (χ2v) is 9.84. The van der Waals surface area contributed by atoms with Crippen LogP contribution in [-0.4, -0.2) is 24.3 Å². The molecule has 0 saturated heterocycles. The molecule has 0 aliphatic heterocycles. The number of halogens is 3. The van der Waals surface area contributed by atoms with Crippen molar-refractivity contribution in [3.63, 3.8) is 0 Å². The Morgan fingerprint density at radius 2 is 1.63 bits per heavy atom.